The fourth-order valence-corrected chi connectivity index (χ4v) is 1.96. The SMILES string of the molecule is Cc1ncccc1Oc1ccc(CCN)c(C(F)(F)F)c1. The zero-order chi connectivity index (χ0) is 15.5. The number of aromatic nitrogens is 1. The van der Waals surface area contributed by atoms with Crippen molar-refractivity contribution in [1.82, 2.24) is 4.98 Å². The molecule has 0 saturated carbocycles. The van der Waals surface area contributed by atoms with E-state index in [4.69, 9.17) is 10.5 Å². The van der Waals surface area contributed by atoms with Gasteiger partial charge in [0.05, 0.1) is 11.3 Å². The Hall–Kier alpha value is -2.08. The molecule has 0 bridgehead atoms. The van der Waals surface area contributed by atoms with Gasteiger partial charge in [0.2, 0.25) is 0 Å². The third kappa shape index (κ3) is 3.72. The van der Waals surface area contributed by atoms with Gasteiger partial charge in [-0.3, -0.25) is 4.98 Å². The molecule has 2 rings (SSSR count). The third-order valence-corrected chi connectivity index (χ3v) is 2.99. The molecule has 0 aliphatic heterocycles. The number of hydrogen-bond acceptors (Lipinski definition) is 3. The van der Waals surface area contributed by atoms with Crippen molar-refractivity contribution in [3.8, 4) is 11.5 Å². The summed E-state index contributed by atoms with van der Waals surface area (Å²) in [5, 5.41) is 0. The van der Waals surface area contributed by atoms with Crippen LogP contribution in [-0.4, -0.2) is 11.5 Å². The topological polar surface area (TPSA) is 48.1 Å². The number of alkyl halides is 3. The Morgan fingerprint density at radius 2 is 2.00 bits per heavy atom. The molecule has 0 radical (unpaired) electrons. The molecule has 1 aromatic carbocycles. The molecule has 0 amide bonds. The van der Waals surface area contributed by atoms with Crippen LogP contribution in [0.3, 0.4) is 0 Å². The quantitative estimate of drug-likeness (QED) is 0.935. The number of pyridine rings is 1. The second-order valence-corrected chi connectivity index (χ2v) is 4.54. The number of nitrogens with zero attached hydrogens (tertiary/aromatic N) is 1. The van der Waals surface area contributed by atoms with E-state index in [1.54, 1.807) is 25.3 Å². The van der Waals surface area contributed by atoms with Crippen LogP contribution in [0, 0.1) is 6.92 Å². The van der Waals surface area contributed by atoms with Gasteiger partial charge in [0.15, 0.2) is 0 Å². The van der Waals surface area contributed by atoms with Crippen LogP contribution in [0.25, 0.3) is 0 Å². The summed E-state index contributed by atoms with van der Waals surface area (Å²) >= 11 is 0. The molecule has 21 heavy (non-hydrogen) atoms. The van der Waals surface area contributed by atoms with Crippen molar-refractivity contribution in [2.75, 3.05) is 6.54 Å². The zero-order valence-corrected chi connectivity index (χ0v) is 11.4. The minimum absolute atomic E-state index is 0.124. The van der Waals surface area contributed by atoms with E-state index in [-0.39, 0.29) is 24.3 Å². The monoisotopic (exact) mass is 296 g/mol. The number of halogens is 3. The Balaban J connectivity index is 2.36. The number of benzene rings is 1. The molecule has 0 fully saturated rings. The molecule has 6 heteroatoms. The summed E-state index contributed by atoms with van der Waals surface area (Å²) in [6.45, 7) is 1.88. The Bertz CT molecular complexity index is 627. The number of hydrogen-bond donors (Lipinski definition) is 1. The van der Waals surface area contributed by atoms with E-state index in [2.05, 4.69) is 4.98 Å². The van der Waals surface area contributed by atoms with Crippen LogP contribution < -0.4 is 10.5 Å². The lowest BCUT2D eigenvalue weighted by Gasteiger charge is -2.15. The molecular formula is C15H15F3N2O. The van der Waals surface area contributed by atoms with Crippen LogP contribution >= 0.6 is 0 Å². The lowest BCUT2D eigenvalue weighted by molar-refractivity contribution is -0.138. The summed E-state index contributed by atoms with van der Waals surface area (Å²) in [7, 11) is 0. The predicted molar refractivity (Wildman–Crippen MR) is 73.3 cm³/mol. The number of ether oxygens (including phenoxy) is 1. The normalized spacial score (nSPS) is 11.5. The first kappa shape index (κ1) is 15.3. The molecule has 0 atom stereocenters. The first-order valence-electron chi connectivity index (χ1n) is 6.41. The van der Waals surface area contributed by atoms with Gasteiger partial charge in [-0.1, -0.05) is 6.07 Å². The molecular weight excluding hydrogens is 281 g/mol. The molecule has 3 nitrogen and oxygen atoms in total. The van der Waals surface area contributed by atoms with Crippen molar-refractivity contribution in [2.45, 2.75) is 19.5 Å². The van der Waals surface area contributed by atoms with Crippen LogP contribution in [0.15, 0.2) is 36.5 Å². The van der Waals surface area contributed by atoms with Crippen LogP contribution in [0.5, 0.6) is 11.5 Å². The van der Waals surface area contributed by atoms with Gasteiger partial charge < -0.3 is 10.5 Å². The summed E-state index contributed by atoms with van der Waals surface area (Å²) in [4.78, 5) is 4.03. The van der Waals surface area contributed by atoms with E-state index in [0.29, 0.717) is 11.4 Å². The maximum absolute atomic E-state index is 13.1. The minimum atomic E-state index is -4.44. The maximum Gasteiger partial charge on any atom is 0.416 e. The molecule has 1 heterocycles. The highest BCUT2D eigenvalue weighted by molar-refractivity contribution is 5.40. The summed E-state index contributed by atoms with van der Waals surface area (Å²) in [6, 6.07) is 7.22. The van der Waals surface area contributed by atoms with Crippen LogP contribution in [0.4, 0.5) is 13.2 Å². The van der Waals surface area contributed by atoms with Crippen molar-refractivity contribution in [2.24, 2.45) is 5.73 Å². The van der Waals surface area contributed by atoms with Gasteiger partial charge >= 0.3 is 6.18 Å². The average molecular weight is 296 g/mol. The van der Waals surface area contributed by atoms with Gasteiger partial charge in [-0.25, -0.2) is 0 Å². The number of aryl methyl sites for hydroxylation is 1. The standard InChI is InChI=1S/C15H15F3N2O/c1-10-14(3-2-8-20-10)21-12-5-4-11(6-7-19)13(9-12)15(16,17)18/h2-5,8-9H,6-7,19H2,1H3. The number of nitrogens with two attached hydrogens (primary N) is 1. The van der Waals surface area contributed by atoms with Crippen LogP contribution in [-0.2, 0) is 12.6 Å². The minimum Gasteiger partial charge on any atom is -0.455 e. The van der Waals surface area contributed by atoms with Crippen molar-refractivity contribution < 1.29 is 17.9 Å². The Morgan fingerprint density at radius 3 is 2.62 bits per heavy atom. The van der Waals surface area contributed by atoms with Crippen LogP contribution in [0.1, 0.15) is 16.8 Å². The summed E-state index contributed by atoms with van der Waals surface area (Å²) < 4.78 is 44.7. The van der Waals surface area contributed by atoms with E-state index in [1.807, 2.05) is 0 Å². The highest BCUT2D eigenvalue weighted by atomic mass is 19.4. The zero-order valence-electron chi connectivity index (χ0n) is 11.4. The van der Waals surface area contributed by atoms with E-state index < -0.39 is 11.7 Å². The molecule has 0 aliphatic rings. The summed E-state index contributed by atoms with van der Waals surface area (Å²) in [5.74, 6) is 0.552. The summed E-state index contributed by atoms with van der Waals surface area (Å²) in [5.41, 5.74) is 5.41. The maximum atomic E-state index is 13.1. The summed E-state index contributed by atoms with van der Waals surface area (Å²) in [6.07, 6.45) is -2.68. The lowest BCUT2D eigenvalue weighted by atomic mass is 10.0. The van der Waals surface area contributed by atoms with Crippen molar-refractivity contribution in [3.63, 3.8) is 0 Å². The molecule has 2 N–H and O–H groups in total. The first-order valence-corrected chi connectivity index (χ1v) is 6.41. The van der Waals surface area contributed by atoms with E-state index >= 15 is 0 Å². The van der Waals surface area contributed by atoms with Gasteiger partial charge in [-0.15, -0.1) is 0 Å². The van der Waals surface area contributed by atoms with Crippen molar-refractivity contribution in [1.29, 1.82) is 0 Å². The van der Waals surface area contributed by atoms with Crippen molar-refractivity contribution in [3.05, 3.63) is 53.3 Å². The Labute approximate surface area is 120 Å². The smallest absolute Gasteiger partial charge is 0.416 e. The van der Waals surface area contributed by atoms with Gasteiger partial charge in [0.1, 0.15) is 11.5 Å². The first-order chi connectivity index (χ1) is 9.91. The van der Waals surface area contributed by atoms with E-state index in [1.165, 1.54) is 12.1 Å². The Morgan fingerprint density at radius 1 is 1.24 bits per heavy atom. The Kier molecular flexibility index (Phi) is 4.47. The third-order valence-electron chi connectivity index (χ3n) is 2.99. The molecule has 0 spiro atoms. The van der Waals surface area contributed by atoms with E-state index in [9.17, 15) is 13.2 Å². The molecule has 0 aliphatic carbocycles. The highest BCUT2D eigenvalue weighted by Gasteiger charge is 2.33. The van der Waals surface area contributed by atoms with Crippen LogP contribution in [0.2, 0.25) is 0 Å². The largest absolute Gasteiger partial charge is 0.455 e. The molecule has 0 unspecified atom stereocenters. The fraction of sp³-hybridized carbons (Fsp3) is 0.267. The highest BCUT2D eigenvalue weighted by Crippen LogP contribution is 2.36. The molecule has 112 valence electrons. The number of rotatable bonds is 4. The van der Waals surface area contributed by atoms with Gasteiger partial charge in [0, 0.05) is 6.20 Å². The molecule has 2 aromatic rings. The molecule has 0 saturated heterocycles. The van der Waals surface area contributed by atoms with Gasteiger partial charge in [-0.2, -0.15) is 13.2 Å². The second kappa shape index (κ2) is 6.13. The van der Waals surface area contributed by atoms with Gasteiger partial charge in [-0.05, 0) is 49.7 Å². The van der Waals surface area contributed by atoms with Gasteiger partial charge in [0.25, 0.3) is 0 Å². The predicted octanol–water partition coefficient (Wildman–Crippen LogP) is 3.70. The average Bonchev–Trinajstić information content (AvgIpc) is 2.42. The van der Waals surface area contributed by atoms with Crippen molar-refractivity contribution >= 4 is 0 Å². The molecule has 1 aromatic heterocycles. The lowest BCUT2D eigenvalue weighted by Crippen LogP contribution is -2.12. The van der Waals surface area contributed by atoms with E-state index in [0.717, 1.165) is 6.07 Å². The fourth-order valence-electron chi connectivity index (χ4n) is 1.96. The second-order valence-electron chi connectivity index (χ2n) is 4.54.